The third-order valence-electron chi connectivity index (χ3n) is 9.05. The van der Waals surface area contributed by atoms with Crippen LogP contribution in [0.5, 0.6) is 5.75 Å². The van der Waals surface area contributed by atoms with Gasteiger partial charge in [-0.3, -0.25) is 9.58 Å². The topological polar surface area (TPSA) is 87.1 Å². The fourth-order valence-electron chi connectivity index (χ4n) is 6.30. The van der Waals surface area contributed by atoms with Crippen molar-refractivity contribution < 1.29 is 9.13 Å². The van der Waals surface area contributed by atoms with Gasteiger partial charge in [-0.25, -0.2) is 9.37 Å². The maximum Gasteiger partial charge on any atom is 0.229 e. The Labute approximate surface area is 234 Å². The van der Waals surface area contributed by atoms with Crippen LogP contribution in [0.15, 0.2) is 43.0 Å². The zero-order valence-electron chi connectivity index (χ0n) is 23.9. The number of nitrogens with one attached hydrogen (secondary N) is 2. The van der Waals surface area contributed by atoms with Crippen LogP contribution in [0.25, 0.3) is 22.2 Å². The Morgan fingerprint density at radius 3 is 2.52 bits per heavy atom. The highest BCUT2D eigenvalue weighted by Crippen LogP contribution is 2.46. The monoisotopic (exact) mass is 546 g/mol. The SMILES string of the molecule is COc1cc(N2CCC3(CC2)CCN(C(C)(C)CF)CC3)c(-c2cnn(C)c2)cc1Nc1ncc2cc[nH]c2n1. The molecule has 1 spiro atoms. The Morgan fingerprint density at radius 2 is 1.85 bits per heavy atom. The molecule has 2 fully saturated rings. The van der Waals surface area contributed by atoms with Crippen LogP contribution in [0.2, 0.25) is 0 Å². The van der Waals surface area contributed by atoms with Gasteiger partial charge in [0, 0.05) is 72.5 Å². The number of hydrogen-bond acceptors (Lipinski definition) is 7. The quantitative estimate of drug-likeness (QED) is 0.315. The van der Waals surface area contributed by atoms with Crippen molar-refractivity contribution in [1.29, 1.82) is 0 Å². The van der Waals surface area contributed by atoms with Gasteiger partial charge in [0.1, 0.15) is 18.1 Å². The molecule has 1 aromatic carbocycles. The molecule has 5 heterocycles. The zero-order valence-corrected chi connectivity index (χ0v) is 23.9. The van der Waals surface area contributed by atoms with E-state index in [0.29, 0.717) is 11.4 Å². The van der Waals surface area contributed by atoms with Crippen LogP contribution in [0.3, 0.4) is 0 Å². The van der Waals surface area contributed by atoms with Crippen molar-refractivity contribution in [3.05, 3.63) is 43.0 Å². The number of anilines is 3. The summed E-state index contributed by atoms with van der Waals surface area (Å²) < 4.78 is 21.3. The molecule has 0 amide bonds. The van der Waals surface area contributed by atoms with Crippen molar-refractivity contribution in [3.8, 4) is 16.9 Å². The fourth-order valence-corrected chi connectivity index (χ4v) is 6.30. The number of benzene rings is 1. The van der Waals surface area contributed by atoms with Crippen molar-refractivity contribution in [3.63, 3.8) is 0 Å². The largest absolute Gasteiger partial charge is 0.494 e. The lowest BCUT2D eigenvalue weighted by Crippen LogP contribution is -2.53. The van der Waals surface area contributed by atoms with Crippen molar-refractivity contribution in [2.45, 2.75) is 45.1 Å². The molecule has 40 heavy (non-hydrogen) atoms. The molecule has 2 aliphatic heterocycles. The maximum atomic E-state index is 13.6. The van der Waals surface area contributed by atoms with Crippen LogP contribution in [-0.2, 0) is 7.05 Å². The highest BCUT2D eigenvalue weighted by Gasteiger charge is 2.41. The molecule has 6 rings (SSSR count). The van der Waals surface area contributed by atoms with E-state index < -0.39 is 0 Å². The predicted octanol–water partition coefficient (Wildman–Crippen LogP) is 5.54. The van der Waals surface area contributed by atoms with Crippen LogP contribution in [0.1, 0.15) is 39.5 Å². The van der Waals surface area contributed by atoms with E-state index in [4.69, 9.17) is 4.74 Å². The van der Waals surface area contributed by atoms with E-state index in [1.165, 1.54) is 0 Å². The summed E-state index contributed by atoms with van der Waals surface area (Å²) in [6.07, 6.45) is 12.2. The summed E-state index contributed by atoms with van der Waals surface area (Å²) >= 11 is 0. The molecule has 9 nitrogen and oxygen atoms in total. The van der Waals surface area contributed by atoms with E-state index in [1.54, 1.807) is 13.3 Å². The molecule has 0 unspecified atom stereocenters. The second-order valence-corrected chi connectivity index (χ2v) is 12.0. The Balaban J connectivity index is 1.26. The van der Waals surface area contributed by atoms with Crippen LogP contribution in [-0.4, -0.2) is 75.1 Å². The molecular formula is C30H39FN8O. The number of ether oxygens (including phenoxy) is 1. The number of methoxy groups -OCH3 is 1. The number of H-pyrrole nitrogens is 1. The van der Waals surface area contributed by atoms with E-state index in [1.807, 2.05) is 50.2 Å². The second-order valence-electron chi connectivity index (χ2n) is 12.0. The van der Waals surface area contributed by atoms with Gasteiger partial charge in [0.15, 0.2) is 0 Å². The number of nitrogens with zero attached hydrogens (tertiary/aromatic N) is 6. The normalized spacial score (nSPS) is 18.0. The second kappa shape index (κ2) is 10.4. The van der Waals surface area contributed by atoms with Gasteiger partial charge in [0.05, 0.1) is 19.0 Å². The third kappa shape index (κ3) is 5.00. The number of rotatable bonds is 7. The van der Waals surface area contributed by atoms with Crippen LogP contribution >= 0.6 is 0 Å². The molecule has 2 N–H and O–H groups in total. The summed E-state index contributed by atoms with van der Waals surface area (Å²) in [6.45, 7) is 7.63. The van der Waals surface area contributed by atoms with Gasteiger partial charge >= 0.3 is 0 Å². The number of aryl methyl sites for hydroxylation is 1. The number of halogens is 1. The first-order chi connectivity index (χ1) is 19.3. The van der Waals surface area contributed by atoms with Crippen LogP contribution in [0, 0.1) is 5.41 Å². The highest BCUT2D eigenvalue weighted by molar-refractivity contribution is 5.85. The molecule has 3 aromatic heterocycles. The molecule has 4 aromatic rings. The third-order valence-corrected chi connectivity index (χ3v) is 9.05. The number of fused-ring (bicyclic) bond motifs is 1. The van der Waals surface area contributed by atoms with E-state index >= 15 is 0 Å². The first-order valence-electron chi connectivity index (χ1n) is 14.1. The maximum absolute atomic E-state index is 13.6. The summed E-state index contributed by atoms with van der Waals surface area (Å²) in [7, 11) is 3.63. The number of likely N-dealkylation sites (tertiary alicyclic amines) is 1. The lowest BCUT2D eigenvalue weighted by atomic mass is 9.70. The number of piperidine rings is 2. The van der Waals surface area contributed by atoms with Gasteiger partial charge in [0.2, 0.25) is 5.95 Å². The highest BCUT2D eigenvalue weighted by atomic mass is 19.1. The number of alkyl halides is 1. The number of hydrogen-bond donors (Lipinski definition) is 2. The minimum atomic E-state index is -0.370. The molecule has 0 bridgehead atoms. The Hall–Kier alpha value is -3.66. The van der Waals surface area contributed by atoms with Crippen molar-refractivity contribution in [2.24, 2.45) is 12.5 Å². The number of aromatic amines is 1. The van der Waals surface area contributed by atoms with Crippen molar-refractivity contribution >= 4 is 28.4 Å². The van der Waals surface area contributed by atoms with Gasteiger partial charge in [0.25, 0.3) is 0 Å². The van der Waals surface area contributed by atoms with Crippen LogP contribution in [0.4, 0.5) is 21.7 Å². The predicted molar refractivity (Wildman–Crippen MR) is 157 cm³/mol. The minimum Gasteiger partial charge on any atom is -0.494 e. The lowest BCUT2D eigenvalue weighted by Gasteiger charge is -2.50. The molecule has 0 atom stereocenters. The molecule has 2 saturated heterocycles. The molecule has 0 aliphatic carbocycles. The lowest BCUT2D eigenvalue weighted by molar-refractivity contribution is 0.0112. The molecule has 2 aliphatic rings. The fraction of sp³-hybridized carbons (Fsp3) is 0.500. The van der Waals surface area contributed by atoms with E-state index in [0.717, 1.165) is 91.1 Å². The minimum absolute atomic E-state index is 0.301. The average molecular weight is 547 g/mol. The van der Waals surface area contributed by atoms with Gasteiger partial charge in [-0.1, -0.05) is 0 Å². The molecule has 212 valence electrons. The molecule has 0 saturated carbocycles. The summed E-state index contributed by atoms with van der Waals surface area (Å²) in [5.74, 6) is 1.24. The molecular weight excluding hydrogens is 507 g/mol. The van der Waals surface area contributed by atoms with Gasteiger partial charge in [-0.15, -0.1) is 0 Å². The zero-order chi connectivity index (χ0) is 27.9. The number of aromatic nitrogens is 5. The summed E-state index contributed by atoms with van der Waals surface area (Å²) in [6, 6.07) is 6.20. The van der Waals surface area contributed by atoms with Gasteiger partial charge < -0.3 is 19.9 Å². The van der Waals surface area contributed by atoms with Gasteiger partial charge in [-0.2, -0.15) is 10.1 Å². The average Bonchev–Trinajstić information content (AvgIpc) is 3.62. The smallest absolute Gasteiger partial charge is 0.229 e. The Morgan fingerprint density at radius 1 is 1.10 bits per heavy atom. The Kier molecular flexibility index (Phi) is 6.90. The summed E-state index contributed by atoms with van der Waals surface area (Å²) in [5, 5.41) is 8.79. The van der Waals surface area contributed by atoms with Gasteiger partial charge in [-0.05, 0) is 70.2 Å². The van der Waals surface area contributed by atoms with E-state index in [2.05, 4.69) is 47.3 Å². The molecule has 0 radical (unpaired) electrons. The standard InChI is InChI=1S/C30H39FN8O/c1-29(2,20-31)39-13-8-30(9-14-39)6-11-38(12-7-30)25-16-26(40-4)24(15-23(25)22-18-34-37(3)19-22)35-28-33-17-21-5-10-32-27(21)36-28/h5,10,15-19H,6-9,11-14,20H2,1-4H3,(H2,32,33,35,36). The Bertz CT molecular complexity index is 1480. The van der Waals surface area contributed by atoms with E-state index in [-0.39, 0.29) is 12.2 Å². The summed E-state index contributed by atoms with van der Waals surface area (Å²) in [5.41, 5.74) is 4.83. The van der Waals surface area contributed by atoms with Crippen molar-refractivity contribution in [1.82, 2.24) is 29.6 Å². The van der Waals surface area contributed by atoms with Crippen molar-refractivity contribution in [2.75, 3.05) is 50.2 Å². The summed E-state index contributed by atoms with van der Waals surface area (Å²) in [4.78, 5) is 17.1. The first-order valence-corrected chi connectivity index (χ1v) is 14.1. The first kappa shape index (κ1) is 26.6. The van der Waals surface area contributed by atoms with Crippen LogP contribution < -0.4 is 15.0 Å². The molecule has 10 heteroatoms. The van der Waals surface area contributed by atoms with E-state index in [9.17, 15) is 4.39 Å².